The van der Waals surface area contributed by atoms with Crippen molar-refractivity contribution >= 4 is 45.2 Å². The number of benzene rings is 3. The number of carbonyl (C=O) groups is 3. The van der Waals surface area contributed by atoms with Crippen molar-refractivity contribution in [2.75, 3.05) is 23.7 Å². The molecule has 2 atom stereocenters. The number of fused-ring (bicyclic) bond motifs is 1. The first-order chi connectivity index (χ1) is 25.4. The molecule has 1 fully saturated rings. The van der Waals surface area contributed by atoms with E-state index < -0.39 is 92.2 Å². The maximum Gasteiger partial charge on any atom is 0.410 e. The molecule has 1 aromatic heterocycles. The highest BCUT2D eigenvalue weighted by Crippen LogP contribution is 2.39. The molecule has 3 aromatic carbocycles. The van der Waals surface area contributed by atoms with E-state index in [9.17, 15) is 31.6 Å². The predicted molar refractivity (Wildman–Crippen MR) is 188 cm³/mol. The first-order valence-corrected chi connectivity index (χ1v) is 18.7. The molecule has 4 aromatic rings. The minimum Gasteiger partial charge on any atom is -0.445 e. The van der Waals surface area contributed by atoms with Gasteiger partial charge in [0.05, 0.1) is 40.9 Å². The Bertz CT molecular complexity index is 2160. The Morgan fingerprint density at radius 3 is 2.46 bits per heavy atom. The van der Waals surface area contributed by atoms with E-state index in [1.807, 2.05) is 0 Å². The van der Waals surface area contributed by atoms with Crippen molar-refractivity contribution in [1.82, 2.24) is 20.4 Å². The minimum absolute atomic E-state index is 0.139. The average Bonchev–Trinajstić information content (AvgIpc) is 3.57. The second-order valence-electron chi connectivity index (χ2n) is 14.0. The van der Waals surface area contributed by atoms with Crippen molar-refractivity contribution in [2.45, 2.75) is 68.7 Å². The number of hydrogen-bond acceptors (Lipinski definition) is 10. The number of hydrogen-bond donors (Lipinski definition) is 1. The second kappa shape index (κ2) is 14.9. The number of likely N-dealkylation sites (tertiary alicyclic amines) is 1. The number of nitrogens with one attached hydrogen (secondary N) is 1. The van der Waals surface area contributed by atoms with Gasteiger partial charge in [0.1, 0.15) is 24.1 Å². The molecule has 3 heterocycles. The zero-order valence-electron chi connectivity index (χ0n) is 29.2. The Labute approximate surface area is 313 Å². The average molecular weight is 790 g/mol. The minimum atomic E-state index is -4.46. The highest BCUT2D eigenvalue weighted by Gasteiger charge is 2.45. The van der Waals surface area contributed by atoms with E-state index in [4.69, 9.17) is 25.6 Å². The number of nitrogens with zero attached hydrogens (tertiary/aromatic N) is 4. The molecule has 0 saturated carbocycles. The first-order valence-electron chi connectivity index (χ1n) is 16.7. The van der Waals surface area contributed by atoms with Crippen LogP contribution in [0.2, 0.25) is 5.02 Å². The van der Waals surface area contributed by atoms with Crippen molar-refractivity contribution in [3.8, 4) is 11.4 Å². The lowest BCUT2D eigenvalue weighted by atomic mass is 9.95. The fourth-order valence-corrected chi connectivity index (χ4v) is 7.82. The number of sulfone groups is 1. The zero-order chi connectivity index (χ0) is 39.0. The highest BCUT2D eigenvalue weighted by atomic mass is 35.5. The van der Waals surface area contributed by atoms with Crippen LogP contribution in [0.25, 0.3) is 11.4 Å². The normalized spacial score (nSPS) is 19.4. The van der Waals surface area contributed by atoms with Gasteiger partial charge in [0.15, 0.2) is 9.84 Å². The van der Waals surface area contributed by atoms with Crippen LogP contribution < -0.4 is 10.2 Å². The van der Waals surface area contributed by atoms with Gasteiger partial charge in [-0.1, -0.05) is 59.2 Å². The van der Waals surface area contributed by atoms with Gasteiger partial charge in [-0.05, 0) is 56.2 Å². The van der Waals surface area contributed by atoms with Crippen molar-refractivity contribution in [3.05, 3.63) is 94.6 Å². The number of alkyl halides is 2. The first kappa shape index (κ1) is 38.6. The highest BCUT2D eigenvalue weighted by molar-refractivity contribution is 7.91. The topological polar surface area (TPSA) is 161 Å². The molecule has 2 aliphatic rings. The summed E-state index contributed by atoms with van der Waals surface area (Å²) in [5.74, 6) is -8.19. The number of anilines is 1. The Balaban J connectivity index is 1.32. The number of aromatic nitrogens is 2. The number of carbonyl (C=O) groups excluding carboxylic acids is 3. The molecule has 0 bridgehead atoms. The molecule has 0 spiro atoms. The van der Waals surface area contributed by atoms with E-state index in [0.717, 1.165) is 15.9 Å². The molecule has 18 heteroatoms. The van der Waals surface area contributed by atoms with Gasteiger partial charge in [-0.25, -0.2) is 31.2 Å². The van der Waals surface area contributed by atoms with Gasteiger partial charge in [0.25, 0.3) is 11.8 Å². The summed E-state index contributed by atoms with van der Waals surface area (Å²) in [7, 11) is -4.46. The molecule has 286 valence electrons. The van der Waals surface area contributed by atoms with Crippen molar-refractivity contribution in [3.63, 3.8) is 0 Å². The van der Waals surface area contributed by atoms with Crippen molar-refractivity contribution in [2.24, 2.45) is 0 Å². The van der Waals surface area contributed by atoms with Gasteiger partial charge in [-0.2, -0.15) is 4.98 Å². The van der Waals surface area contributed by atoms with E-state index in [1.54, 1.807) is 75.4 Å². The maximum absolute atomic E-state index is 15.9. The van der Waals surface area contributed by atoms with Gasteiger partial charge in [0.2, 0.25) is 11.7 Å². The van der Waals surface area contributed by atoms with E-state index in [-0.39, 0.29) is 31.3 Å². The number of piperidine rings is 1. The summed E-state index contributed by atoms with van der Waals surface area (Å²) in [4.78, 5) is 45.1. The maximum atomic E-state index is 15.9. The van der Waals surface area contributed by atoms with Gasteiger partial charge in [-0.3, -0.25) is 4.79 Å². The molecule has 54 heavy (non-hydrogen) atoms. The number of rotatable bonds is 7. The summed E-state index contributed by atoms with van der Waals surface area (Å²) >= 11 is 6.05. The lowest BCUT2D eigenvalue weighted by Gasteiger charge is -2.35. The molecule has 6 rings (SSSR count). The Morgan fingerprint density at radius 1 is 1.07 bits per heavy atom. The third-order valence-corrected chi connectivity index (χ3v) is 10.5. The SMILES string of the molecule is CC(C)(C)OC(=O)N[C@H]1CS(=O)(=O)c2cc(F)c(-c3noc(C4CN(C(=O)OCc5ccccc5)CC(F)(F)C4)n3)cc2N(Cc2ccc(Cl)cc2)C1=O. The quantitative estimate of drug-likeness (QED) is 0.219. The Kier molecular flexibility index (Phi) is 10.7. The lowest BCUT2D eigenvalue weighted by molar-refractivity contribution is -0.120. The van der Waals surface area contributed by atoms with E-state index in [2.05, 4.69) is 15.5 Å². The number of halogens is 4. The standard InChI is InChI=1S/C36H35ClF3N5O8S/c1-35(2,3)52-33(47)41-27-19-54(49,50)29-14-26(38)25(13-28(29)45(32(27)46)16-21-9-11-24(37)12-10-21)30-42-31(53-43-30)23-15-36(39,40)20-44(17-23)34(48)51-18-22-7-5-4-6-8-22/h4-14,23,27H,15-20H2,1-3H3,(H,41,47)/t23?,27-/m0/s1. The van der Waals surface area contributed by atoms with Crippen LogP contribution >= 0.6 is 11.6 Å². The van der Waals surface area contributed by atoms with Gasteiger partial charge < -0.3 is 29.1 Å². The second-order valence-corrected chi connectivity index (χ2v) is 16.4. The number of ether oxygens (including phenoxy) is 2. The van der Waals surface area contributed by atoms with Gasteiger partial charge >= 0.3 is 12.2 Å². The molecule has 0 aliphatic carbocycles. The van der Waals surface area contributed by atoms with Crippen LogP contribution in [0.3, 0.4) is 0 Å². The monoisotopic (exact) mass is 789 g/mol. The fraction of sp³-hybridized carbons (Fsp3) is 0.361. The van der Waals surface area contributed by atoms with Crippen LogP contribution in [0.4, 0.5) is 28.4 Å². The van der Waals surface area contributed by atoms with Crippen LogP contribution in [-0.2, 0) is 37.3 Å². The largest absolute Gasteiger partial charge is 0.445 e. The van der Waals surface area contributed by atoms with Crippen molar-refractivity contribution < 1.29 is 50.0 Å². The molecule has 1 saturated heterocycles. The molecule has 1 unspecified atom stereocenters. The molecule has 0 radical (unpaired) electrons. The number of alkyl carbamates (subject to hydrolysis) is 1. The van der Waals surface area contributed by atoms with E-state index >= 15 is 4.39 Å². The van der Waals surface area contributed by atoms with Crippen LogP contribution in [0.5, 0.6) is 0 Å². The van der Waals surface area contributed by atoms with Crippen LogP contribution in [0.1, 0.15) is 50.1 Å². The molecular formula is C36H35ClF3N5O8S. The third kappa shape index (κ3) is 8.95. The molecule has 13 nitrogen and oxygen atoms in total. The summed E-state index contributed by atoms with van der Waals surface area (Å²) in [5.41, 5.74) is -0.476. The van der Waals surface area contributed by atoms with E-state index in [1.165, 1.54) is 0 Å². The lowest BCUT2D eigenvalue weighted by Crippen LogP contribution is -2.51. The van der Waals surface area contributed by atoms with Crippen LogP contribution in [0, 0.1) is 5.82 Å². The van der Waals surface area contributed by atoms with Gasteiger partial charge in [0, 0.05) is 18.0 Å². The summed E-state index contributed by atoms with van der Waals surface area (Å²) in [6, 6.07) is 15.1. The third-order valence-electron chi connectivity index (χ3n) is 8.47. The van der Waals surface area contributed by atoms with Crippen LogP contribution in [-0.4, -0.2) is 78.0 Å². The predicted octanol–water partition coefficient (Wildman–Crippen LogP) is 6.50. The Morgan fingerprint density at radius 2 is 1.78 bits per heavy atom. The van der Waals surface area contributed by atoms with Crippen LogP contribution in [0.15, 0.2) is 76.1 Å². The van der Waals surface area contributed by atoms with E-state index in [0.29, 0.717) is 22.2 Å². The van der Waals surface area contributed by atoms with Gasteiger partial charge in [-0.15, -0.1) is 0 Å². The summed E-state index contributed by atoms with van der Waals surface area (Å²) in [6.07, 6.45) is -2.79. The summed E-state index contributed by atoms with van der Waals surface area (Å²) < 4.78 is 89.1. The summed E-state index contributed by atoms with van der Waals surface area (Å²) in [5, 5.41) is 6.53. The smallest absolute Gasteiger partial charge is 0.410 e. The molecule has 1 N–H and O–H groups in total. The number of amides is 3. The Hall–Kier alpha value is -5.16. The van der Waals surface area contributed by atoms with Crippen molar-refractivity contribution in [1.29, 1.82) is 0 Å². The zero-order valence-corrected chi connectivity index (χ0v) is 30.8. The molecule has 3 amide bonds. The molecular weight excluding hydrogens is 755 g/mol. The summed E-state index contributed by atoms with van der Waals surface area (Å²) in [6.45, 7) is 3.21. The molecule has 2 aliphatic heterocycles. The fourth-order valence-electron chi connectivity index (χ4n) is 6.08.